The second kappa shape index (κ2) is 7.23. The Morgan fingerprint density at radius 2 is 1.22 bits per heavy atom. The second-order valence-electron chi connectivity index (χ2n) is 6.56. The maximum atomic E-state index is 13.9. The van der Waals surface area contributed by atoms with Gasteiger partial charge in [0.25, 0.3) is 0 Å². The lowest BCUT2D eigenvalue weighted by molar-refractivity contribution is 0.125. The maximum Gasteiger partial charge on any atom is 0.411 e. The molecule has 0 aliphatic carbocycles. The van der Waals surface area contributed by atoms with Crippen LogP contribution in [0, 0.1) is 0 Å². The van der Waals surface area contributed by atoms with E-state index in [0.717, 1.165) is 16.7 Å². The van der Waals surface area contributed by atoms with Crippen LogP contribution in [0.4, 0.5) is 9.18 Å². The first kappa shape index (κ1) is 17.3. The summed E-state index contributed by atoms with van der Waals surface area (Å²) in [7, 11) is 0. The Hall–Kier alpha value is -3.14. The fourth-order valence-electron chi connectivity index (χ4n) is 3.94. The Labute approximate surface area is 158 Å². The number of amides is 1. The van der Waals surface area contributed by atoms with Crippen LogP contribution < -0.4 is 0 Å². The Kier molecular flexibility index (Phi) is 4.63. The molecule has 1 fully saturated rings. The van der Waals surface area contributed by atoms with E-state index in [2.05, 4.69) is 0 Å². The average Bonchev–Trinajstić information content (AvgIpc) is 3.12. The standard InChI is InChI=1S/C23H20FNO2/c24-16-21-17-27-22(26)25(21)23(18-10-4-1-5-11-18,19-12-6-2-7-13-19)20-14-8-3-9-15-20/h1-15,21H,16-17H2/t21-/m0/s1. The highest BCUT2D eigenvalue weighted by molar-refractivity contribution is 5.74. The SMILES string of the molecule is O=C1OC[C@H](CF)N1C(c1ccccc1)(c1ccccc1)c1ccccc1. The molecule has 0 saturated carbocycles. The summed E-state index contributed by atoms with van der Waals surface area (Å²) in [5.41, 5.74) is 1.69. The number of halogens is 1. The quantitative estimate of drug-likeness (QED) is 0.613. The number of hydrogen-bond acceptors (Lipinski definition) is 2. The highest BCUT2D eigenvalue weighted by Crippen LogP contribution is 2.45. The van der Waals surface area contributed by atoms with E-state index in [9.17, 15) is 9.18 Å². The maximum absolute atomic E-state index is 13.9. The third-order valence-electron chi connectivity index (χ3n) is 5.08. The lowest BCUT2D eigenvalue weighted by Crippen LogP contribution is -2.53. The minimum absolute atomic E-state index is 0.0452. The molecular formula is C23H20FNO2. The second-order valence-corrected chi connectivity index (χ2v) is 6.56. The molecule has 1 heterocycles. The van der Waals surface area contributed by atoms with E-state index < -0.39 is 24.3 Å². The number of cyclic esters (lactones) is 1. The summed E-state index contributed by atoms with van der Waals surface area (Å²) in [6.45, 7) is -0.621. The fraction of sp³-hybridized carbons (Fsp3) is 0.174. The lowest BCUT2D eigenvalue weighted by Gasteiger charge is -2.44. The minimum atomic E-state index is -0.978. The summed E-state index contributed by atoms with van der Waals surface area (Å²) < 4.78 is 19.2. The van der Waals surface area contributed by atoms with Crippen molar-refractivity contribution >= 4 is 6.09 Å². The molecule has 4 heteroatoms. The van der Waals surface area contributed by atoms with Crippen molar-refractivity contribution in [3.05, 3.63) is 108 Å². The van der Waals surface area contributed by atoms with E-state index in [0.29, 0.717) is 0 Å². The third kappa shape index (κ3) is 2.78. The summed E-state index contributed by atoms with van der Waals surface area (Å²) in [4.78, 5) is 14.4. The van der Waals surface area contributed by atoms with Gasteiger partial charge in [-0.25, -0.2) is 9.18 Å². The molecule has 4 rings (SSSR count). The zero-order valence-corrected chi connectivity index (χ0v) is 14.8. The molecule has 3 nitrogen and oxygen atoms in total. The molecule has 0 bridgehead atoms. The minimum Gasteiger partial charge on any atom is -0.447 e. The van der Waals surface area contributed by atoms with Gasteiger partial charge in [-0.1, -0.05) is 91.0 Å². The molecule has 0 N–H and O–H groups in total. The van der Waals surface area contributed by atoms with Gasteiger partial charge in [0.05, 0.1) is 6.04 Å². The molecule has 1 saturated heterocycles. The summed E-state index contributed by atoms with van der Waals surface area (Å²) >= 11 is 0. The highest BCUT2D eigenvalue weighted by Gasteiger charge is 2.51. The third-order valence-corrected chi connectivity index (χ3v) is 5.08. The summed E-state index contributed by atoms with van der Waals surface area (Å²) in [6.07, 6.45) is -0.505. The normalized spacial score (nSPS) is 17.0. The monoisotopic (exact) mass is 361 g/mol. The smallest absolute Gasteiger partial charge is 0.411 e. The fourth-order valence-corrected chi connectivity index (χ4v) is 3.94. The van der Waals surface area contributed by atoms with Gasteiger partial charge in [-0.05, 0) is 16.7 Å². The van der Waals surface area contributed by atoms with Crippen LogP contribution in [-0.2, 0) is 10.3 Å². The molecule has 1 aliphatic heterocycles. The van der Waals surface area contributed by atoms with E-state index in [4.69, 9.17) is 4.74 Å². The number of carbonyl (C=O) groups excluding carboxylic acids is 1. The van der Waals surface area contributed by atoms with Gasteiger partial charge in [0.15, 0.2) is 0 Å². The zero-order chi connectivity index (χ0) is 18.7. The van der Waals surface area contributed by atoms with Gasteiger partial charge in [0.1, 0.15) is 18.8 Å². The van der Waals surface area contributed by atoms with Crippen molar-refractivity contribution < 1.29 is 13.9 Å². The van der Waals surface area contributed by atoms with Crippen LogP contribution in [0.1, 0.15) is 16.7 Å². The van der Waals surface area contributed by atoms with Crippen molar-refractivity contribution in [3.8, 4) is 0 Å². The predicted octanol–water partition coefficient (Wildman–Crippen LogP) is 4.77. The van der Waals surface area contributed by atoms with E-state index in [1.54, 1.807) is 4.90 Å². The van der Waals surface area contributed by atoms with Gasteiger partial charge in [-0.2, -0.15) is 0 Å². The van der Waals surface area contributed by atoms with Crippen LogP contribution in [0.5, 0.6) is 0 Å². The first-order valence-electron chi connectivity index (χ1n) is 8.97. The van der Waals surface area contributed by atoms with E-state index in [1.807, 2.05) is 91.0 Å². The summed E-state index contributed by atoms with van der Waals surface area (Å²) in [5, 5.41) is 0. The molecule has 1 atom stereocenters. The largest absolute Gasteiger partial charge is 0.447 e. The van der Waals surface area contributed by atoms with Gasteiger partial charge < -0.3 is 4.74 Å². The topological polar surface area (TPSA) is 29.5 Å². The van der Waals surface area contributed by atoms with Gasteiger partial charge in [0.2, 0.25) is 0 Å². The molecule has 3 aromatic rings. The van der Waals surface area contributed by atoms with Gasteiger partial charge in [0, 0.05) is 0 Å². The Bertz CT molecular complexity index is 803. The number of alkyl halides is 1. The average molecular weight is 361 g/mol. The molecular weight excluding hydrogens is 341 g/mol. The van der Waals surface area contributed by atoms with Gasteiger partial charge >= 0.3 is 6.09 Å². The first-order valence-corrected chi connectivity index (χ1v) is 8.97. The highest BCUT2D eigenvalue weighted by atomic mass is 19.1. The number of hydrogen-bond donors (Lipinski definition) is 0. The van der Waals surface area contributed by atoms with Crippen molar-refractivity contribution in [3.63, 3.8) is 0 Å². The van der Waals surface area contributed by atoms with Crippen LogP contribution in [0.25, 0.3) is 0 Å². The van der Waals surface area contributed by atoms with Crippen molar-refractivity contribution in [1.82, 2.24) is 4.90 Å². The van der Waals surface area contributed by atoms with Crippen LogP contribution in [-0.4, -0.2) is 30.3 Å². The van der Waals surface area contributed by atoms with Crippen LogP contribution in [0.15, 0.2) is 91.0 Å². The van der Waals surface area contributed by atoms with E-state index in [1.165, 1.54) is 0 Å². The van der Waals surface area contributed by atoms with Crippen molar-refractivity contribution in [2.24, 2.45) is 0 Å². The first-order chi connectivity index (χ1) is 13.3. The Balaban J connectivity index is 2.08. The molecule has 0 unspecified atom stereocenters. The number of rotatable bonds is 5. The summed E-state index contributed by atoms with van der Waals surface area (Å²) in [5.74, 6) is 0. The number of ether oxygens (including phenoxy) is 1. The Morgan fingerprint density at radius 1 is 0.815 bits per heavy atom. The zero-order valence-electron chi connectivity index (χ0n) is 14.8. The number of carbonyl (C=O) groups is 1. The predicted molar refractivity (Wildman–Crippen MR) is 102 cm³/mol. The molecule has 0 spiro atoms. The molecule has 3 aromatic carbocycles. The van der Waals surface area contributed by atoms with Crippen molar-refractivity contribution in [2.75, 3.05) is 13.3 Å². The van der Waals surface area contributed by atoms with Crippen LogP contribution >= 0.6 is 0 Å². The Morgan fingerprint density at radius 3 is 1.59 bits per heavy atom. The van der Waals surface area contributed by atoms with Crippen molar-refractivity contribution in [1.29, 1.82) is 0 Å². The van der Waals surface area contributed by atoms with E-state index in [-0.39, 0.29) is 6.61 Å². The van der Waals surface area contributed by atoms with E-state index >= 15 is 0 Å². The molecule has 0 aromatic heterocycles. The van der Waals surface area contributed by atoms with Crippen molar-refractivity contribution in [2.45, 2.75) is 11.6 Å². The van der Waals surface area contributed by atoms with Gasteiger partial charge in [-0.15, -0.1) is 0 Å². The summed E-state index contributed by atoms with van der Waals surface area (Å²) in [6, 6.07) is 28.6. The van der Waals surface area contributed by atoms with Gasteiger partial charge in [-0.3, -0.25) is 4.90 Å². The molecule has 27 heavy (non-hydrogen) atoms. The lowest BCUT2D eigenvalue weighted by atomic mass is 9.75. The molecule has 0 radical (unpaired) electrons. The number of benzene rings is 3. The van der Waals surface area contributed by atoms with Crippen LogP contribution in [0.2, 0.25) is 0 Å². The molecule has 136 valence electrons. The molecule has 1 amide bonds. The molecule has 1 aliphatic rings. The van der Waals surface area contributed by atoms with Crippen LogP contribution in [0.3, 0.4) is 0 Å². The number of nitrogens with zero attached hydrogens (tertiary/aromatic N) is 1.